The van der Waals surface area contributed by atoms with Crippen molar-refractivity contribution in [3.8, 4) is 0 Å². The Hall–Kier alpha value is -3.43. The van der Waals surface area contributed by atoms with E-state index >= 15 is 0 Å². The van der Waals surface area contributed by atoms with Crippen LogP contribution in [0.15, 0.2) is 42.6 Å². The molecule has 2 aromatic rings. The van der Waals surface area contributed by atoms with Gasteiger partial charge in [-0.05, 0) is 23.3 Å². The number of hydrogen-bond acceptors (Lipinski definition) is 4. The summed E-state index contributed by atoms with van der Waals surface area (Å²) in [6, 6.07) is 6.68. The number of hydrogen-bond donors (Lipinski definition) is 2. The topological polar surface area (TPSA) is 99.6 Å². The number of amides is 2. The molecule has 0 aliphatic carbocycles. The second-order valence-electron chi connectivity index (χ2n) is 6.43. The van der Waals surface area contributed by atoms with E-state index in [0.717, 1.165) is 6.20 Å². The minimum Gasteiger partial charge on any atom is -0.481 e. The molecule has 1 aliphatic rings. The van der Waals surface area contributed by atoms with Crippen molar-refractivity contribution in [2.24, 2.45) is 0 Å². The maximum atomic E-state index is 14.5. The Morgan fingerprint density at radius 1 is 1.17 bits per heavy atom. The van der Waals surface area contributed by atoms with Gasteiger partial charge in [0.1, 0.15) is 11.7 Å². The summed E-state index contributed by atoms with van der Waals surface area (Å²) < 4.78 is 40.9. The van der Waals surface area contributed by atoms with E-state index in [4.69, 9.17) is 0 Å². The molecule has 1 aromatic carbocycles. The molecule has 2 amide bonds. The molecule has 1 aliphatic heterocycles. The predicted molar refractivity (Wildman–Crippen MR) is 95.2 cm³/mol. The van der Waals surface area contributed by atoms with Gasteiger partial charge in [-0.1, -0.05) is 24.3 Å². The van der Waals surface area contributed by atoms with Gasteiger partial charge in [-0.15, -0.1) is 0 Å². The number of halogens is 3. The van der Waals surface area contributed by atoms with Gasteiger partial charge in [0.2, 0.25) is 12.2 Å². The van der Waals surface area contributed by atoms with Crippen LogP contribution in [0.3, 0.4) is 0 Å². The van der Waals surface area contributed by atoms with Crippen LogP contribution in [0.2, 0.25) is 0 Å². The summed E-state index contributed by atoms with van der Waals surface area (Å²) in [5.41, 5.74) is -0.0152. The van der Waals surface area contributed by atoms with Crippen LogP contribution in [-0.2, 0) is 9.59 Å². The van der Waals surface area contributed by atoms with Gasteiger partial charge in [0.25, 0.3) is 12.3 Å². The van der Waals surface area contributed by atoms with Crippen molar-refractivity contribution in [1.82, 2.24) is 9.88 Å². The fraction of sp³-hybridized carbons (Fsp3) is 0.263. The van der Waals surface area contributed by atoms with E-state index in [9.17, 15) is 32.7 Å². The van der Waals surface area contributed by atoms with Crippen LogP contribution in [0.4, 0.5) is 19.0 Å². The summed E-state index contributed by atoms with van der Waals surface area (Å²) in [7, 11) is 0. The summed E-state index contributed by atoms with van der Waals surface area (Å²) in [5, 5.41) is 12.2. The molecule has 29 heavy (non-hydrogen) atoms. The van der Waals surface area contributed by atoms with Gasteiger partial charge in [0, 0.05) is 18.7 Å². The third-order valence-corrected chi connectivity index (χ3v) is 4.55. The Bertz CT molecular complexity index is 952. The zero-order chi connectivity index (χ0) is 21.3. The highest BCUT2D eigenvalue weighted by atomic mass is 19.3. The summed E-state index contributed by atoms with van der Waals surface area (Å²) >= 11 is 0. The van der Waals surface area contributed by atoms with Crippen molar-refractivity contribution in [3.05, 3.63) is 59.3 Å². The maximum absolute atomic E-state index is 14.5. The Balaban J connectivity index is 2.16. The van der Waals surface area contributed by atoms with Gasteiger partial charge >= 0.3 is 5.97 Å². The Morgan fingerprint density at radius 2 is 1.86 bits per heavy atom. The molecule has 2 heterocycles. The molecule has 7 nitrogen and oxygen atoms in total. The molecule has 0 bridgehead atoms. The summed E-state index contributed by atoms with van der Waals surface area (Å²) in [5.74, 6) is -4.21. The third kappa shape index (κ3) is 3.78. The predicted octanol–water partition coefficient (Wildman–Crippen LogP) is 2.97. The molecular formula is C19H16F3N3O4. The van der Waals surface area contributed by atoms with Gasteiger partial charge in [0.15, 0.2) is 0 Å². The smallest absolute Gasteiger partial charge is 0.313 e. The molecule has 3 rings (SSSR count). The highest BCUT2D eigenvalue weighted by molar-refractivity contribution is 6.00. The quantitative estimate of drug-likeness (QED) is 0.743. The van der Waals surface area contributed by atoms with Crippen LogP contribution >= 0.6 is 0 Å². The zero-order valence-corrected chi connectivity index (χ0v) is 15.1. The fourth-order valence-corrected chi connectivity index (χ4v) is 3.40. The van der Waals surface area contributed by atoms with E-state index in [1.165, 1.54) is 43.3 Å². The Kier molecular flexibility index (Phi) is 5.53. The van der Waals surface area contributed by atoms with Gasteiger partial charge in [-0.2, -0.15) is 0 Å². The van der Waals surface area contributed by atoms with Gasteiger partial charge < -0.3 is 10.4 Å². The number of pyridine rings is 1. The standard InChI is InChI=1S/C19H16F3N3O4/c1-9(26)24-13-7-6-10(8-23-13)15-14(19(28)29)11-4-2-3-5-12(11)18(27)25(15)17(22)16(20)21/h2-8,14-17H,1H3,(H,28,29)(H,23,24,26). The lowest BCUT2D eigenvalue weighted by atomic mass is 9.80. The average Bonchev–Trinajstić information content (AvgIpc) is 2.67. The largest absolute Gasteiger partial charge is 0.481 e. The average molecular weight is 407 g/mol. The molecule has 1 aromatic heterocycles. The number of fused-ring (bicyclic) bond motifs is 1. The second kappa shape index (κ2) is 7.90. The number of nitrogens with one attached hydrogen (secondary N) is 1. The first kappa shape index (κ1) is 20.3. The van der Waals surface area contributed by atoms with E-state index < -0.39 is 42.5 Å². The lowest BCUT2D eigenvalue weighted by molar-refractivity contribution is -0.142. The number of aromatic nitrogens is 1. The van der Waals surface area contributed by atoms with E-state index in [2.05, 4.69) is 10.3 Å². The van der Waals surface area contributed by atoms with Crippen LogP contribution in [0.5, 0.6) is 0 Å². The van der Waals surface area contributed by atoms with Gasteiger partial charge in [-0.3, -0.25) is 19.3 Å². The number of nitrogens with zero attached hydrogens (tertiary/aromatic N) is 2. The number of carboxylic acid groups (broad SMARTS) is 1. The monoisotopic (exact) mass is 407 g/mol. The maximum Gasteiger partial charge on any atom is 0.313 e. The first-order valence-corrected chi connectivity index (χ1v) is 8.52. The summed E-state index contributed by atoms with van der Waals surface area (Å²) in [4.78, 5) is 40.2. The zero-order valence-electron chi connectivity index (χ0n) is 15.1. The summed E-state index contributed by atoms with van der Waals surface area (Å²) in [6.07, 6.45) is -5.43. The molecule has 3 unspecified atom stereocenters. The van der Waals surface area contributed by atoms with Gasteiger partial charge in [0.05, 0.1) is 6.04 Å². The van der Waals surface area contributed by atoms with Crippen molar-refractivity contribution in [2.45, 2.75) is 31.6 Å². The molecule has 0 spiro atoms. The molecule has 0 fully saturated rings. The minimum atomic E-state index is -3.53. The van der Waals surface area contributed by atoms with Crippen molar-refractivity contribution in [3.63, 3.8) is 0 Å². The van der Waals surface area contributed by atoms with Crippen molar-refractivity contribution < 1.29 is 32.7 Å². The molecule has 0 radical (unpaired) electrons. The van der Waals surface area contributed by atoms with Crippen LogP contribution in [0.1, 0.15) is 40.4 Å². The highest BCUT2D eigenvalue weighted by Gasteiger charge is 2.49. The SMILES string of the molecule is CC(=O)Nc1ccc(C2C(C(=O)O)c3ccccc3C(=O)N2C(F)C(F)F)cn1. The third-order valence-electron chi connectivity index (χ3n) is 4.55. The van der Waals surface area contributed by atoms with E-state index in [1.54, 1.807) is 0 Å². The van der Waals surface area contributed by atoms with Crippen LogP contribution in [0, 0.1) is 0 Å². The molecular weight excluding hydrogens is 391 g/mol. The minimum absolute atomic E-state index is 0.0395. The molecule has 0 saturated carbocycles. The first-order valence-electron chi connectivity index (χ1n) is 8.52. The number of rotatable bonds is 5. The number of alkyl halides is 3. The molecule has 2 N–H and O–H groups in total. The highest BCUT2D eigenvalue weighted by Crippen LogP contribution is 2.44. The number of aliphatic carboxylic acids is 1. The number of benzene rings is 1. The van der Waals surface area contributed by atoms with Crippen LogP contribution in [0.25, 0.3) is 0 Å². The van der Waals surface area contributed by atoms with E-state index in [1.807, 2.05) is 0 Å². The molecule has 3 atom stereocenters. The first-order chi connectivity index (χ1) is 13.7. The fourth-order valence-electron chi connectivity index (χ4n) is 3.40. The number of carbonyl (C=O) groups is 3. The summed E-state index contributed by atoms with van der Waals surface area (Å²) in [6.45, 7) is 1.25. The van der Waals surface area contributed by atoms with Crippen LogP contribution < -0.4 is 5.32 Å². The second-order valence-corrected chi connectivity index (χ2v) is 6.43. The van der Waals surface area contributed by atoms with Crippen molar-refractivity contribution in [2.75, 3.05) is 5.32 Å². The van der Waals surface area contributed by atoms with Crippen LogP contribution in [-0.4, -0.2) is 45.5 Å². The van der Waals surface area contributed by atoms with Gasteiger partial charge in [-0.25, -0.2) is 18.2 Å². The van der Waals surface area contributed by atoms with Crippen molar-refractivity contribution >= 4 is 23.6 Å². The number of carboxylic acids is 1. The lowest BCUT2D eigenvalue weighted by Crippen LogP contribution is -2.50. The molecule has 0 saturated heterocycles. The molecule has 10 heteroatoms. The number of anilines is 1. The Morgan fingerprint density at radius 3 is 2.41 bits per heavy atom. The number of carbonyl (C=O) groups excluding carboxylic acids is 2. The van der Waals surface area contributed by atoms with E-state index in [0.29, 0.717) is 0 Å². The molecule has 152 valence electrons. The van der Waals surface area contributed by atoms with Crippen molar-refractivity contribution in [1.29, 1.82) is 0 Å². The normalized spacial score (nSPS) is 19.6. The Labute approximate surface area is 163 Å². The lowest BCUT2D eigenvalue weighted by Gasteiger charge is -2.41. The van der Waals surface area contributed by atoms with E-state index in [-0.39, 0.29) is 27.4 Å².